The first-order chi connectivity index (χ1) is 16.7. The third-order valence-corrected chi connectivity index (χ3v) is 8.42. The number of rotatable bonds is 8. The topological polar surface area (TPSA) is 110 Å². The number of piperazine rings is 1. The van der Waals surface area contributed by atoms with Crippen molar-refractivity contribution in [2.24, 2.45) is 7.05 Å². The van der Waals surface area contributed by atoms with E-state index in [4.69, 9.17) is 4.74 Å². The first-order valence-corrected chi connectivity index (χ1v) is 13.5. The van der Waals surface area contributed by atoms with Gasteiger partial charge in [0, 0.05) is 45.3 Å². The van der Waals surface area contributed by atoms with Crippen LogP contribution in [0.15, 0.2) is 38.8 Å². The van der Waals surface area contributed by atoms with Crippen LogP contribution in [0.1, 0.15) is 27.2 Å². The van der Waals surface area contributed by atoms with Crippen molar-refractivity contribution >= 4 is 21.1 Å². The first-order valence-electron chi connectivity index (χ1n) is 12.0. The van der Waals surface area contributed by atoms with Crippen LogP contribution >= 0.6 is 0 Å². The average Bonchev–Trinajstić information content (AvgIpc) is 3.31. The quantitative estimate of drug-likeness (QED) is 0.502. The number of aromatic nitrogens is 3. The van der Waals surface area contributed by atoms with Crippen molar-refractivity contribution in [2.75, 3.05) is 39.3 Å². The number of hydrogen-bond acceptors (Lipinski definition) is 6. The maximum Gasteiger partial charge on any atom is 0.331 e. The highest BCUT2D eigenvalue weighted by molar-refractivity contribution is 7.89. The summed E-state index contributed by atoms with van der Waals surface area (Å²) in [6.07, 6.45) is 0.719. The van der Waals surface area contributed by atoms with Gasteiger partial charge in [0.25, 0.3) is 5.56 Å². The molecular formula is C24H33N5O5S. The molecule has 0 spiro atoms. The number of nitrogens with one attached hydrogen (secondary N) is 1. The van der Waals surface area contributed by atoms with Gasteiger partial charge < -0.3 is 14.6 Å². The second kappa shape index (κ2) is 10.00. The van der Waals surface area contributed by atoms with Gasteiger partial charge in [0.05, 0.1) is 22.7 Å². The molecule has 1 N–H and O–H groups in total. The highest BCUT2D eigenvalue weighted by Gasteiger charge is 2.29. The summed E-state index contributed by atoms with van der Waals surface area (Å²) in [4.78, 5) is 31.1. The van der Waals surface area contributed by atoms with E-state index in [1.54, 1.807) is 28.8 Å². The van der Waals surface area contributed by atoms with E-state index >= 15 is 0 Å². The lowest BCUT2D eigenvalue weighted by molar-refractivity contribution is 0.196. The predicted molar refractivity (Wildman–Crippen MR) is 136 cm³/mol. The van der Waals surface area contributed by atoms with Gasteiger partial charge in [-0.25, -0.2) is 13.2 Å². The van der Waals surface area contributed by atoms with E-state index < -0.39 is 15.6 Å². The van der Waals surface area contributed by atoms with E-state index in [1.807, 2.05) is 13.8 Å². The molecule has 1 aliphatic heterocycles. The Morgan fingerprint density at radius 1 is 1.03 bits per heavy atom. The zero-order chi connectivity index (χ0) is 25.3. The maximum atomic E-state index is 13.4. The largest absolute Gasteiger partial charge is 0.493 e. The van der Waals surface area contributed by atoms with Gasteiger partial charge in [-0.15, -0.1) is 0 Å². The summed E-state index contributed by atoms with van der Waals surface area (Å²) in [7, 11) is -2.26. The van der Waals surface area contributed by atoms with Crippen LogP contribution in [-0.4, -0.2) is 71.1 Å². The summed E-state index contributed by atoms with van der Waals surface area (Å²) in [5.74, 6) is 0.495. The highest BCUT2D eigenvalue weighted by Crippen LogP contribution is 2.34. The molecule has 190 valence electrons. The third-order valence-electron chi connectivity index (χ3n) is 6.53. The molecule has 1 aromatic carbocycles. The summed E-state index contributed by atoms with van der Waals surface area (Å²) in [5.41, 5.74) is 1.00. The number of sulfonamides is 1. The van der Waals surface area contributed by atoms with Crippen molar-refractivity contribution in [3.63, 3.8) is 0 Å². The molecule has 35 heavy (non-hydrogen) atoms. The van der Waals surface area contributed by atoms with E-state index in [1.165, 1.54) is 11.4 Å². The highest BCUT2D eigenvalue weighted by atomic mass is 32.2. The zero-order valence-corrected chi connectivity index (χ0v) is 21.5. The molecule has 4 rings (SSSR count). The Balaban J connectivity index is 1.85. The van der Waals surface area contributed by atoms with Crippen LogP contribution in [0, 0.1) is 0 Å². The van der Waals surface area contributed by atoms with Crippen LogP contribution < -0.4 is 16.0 Å². The van der Waals surface area contributed by atoms with Crippen molar-refractivity contribution in [2.45, 2.75) is 38.6 Å². The minimum Gasteiger partial charge on any atom is -0.493 e. The lowest BCUT2D eigenvalue weighted by atomic mass is 10.1. The average molecular weight is 504 g/mol. The normalized spacial score (nSPS) is 15.7. The van der Waals surface area contributed by atoms with Crippen LogP contribution in [0.5, 0.6) is 5.75 Å². The molecule has 11 heteroatoms. The molecule has 2 aromatic heterocycles. The molecule has 10 nitrogen and oxygen atoms in total. The number of benzene rings is 1. The fourth-order valence-corrected chi connectivity index (χ4v) is 5.99. The number of fused-ring (bicyclic) bond motifs is 1. The van der Waals surface area contributed by atoms with Crippen LogP contribution in [0.3, 0.4) is 0 Å². The number of likely N-dealkylation sites (N-methyl/N-ethyl adjacent to an activating group) is 1. The van der Waals surface area contributed by atoms with Crippen molar-refractivity contribution in [3.05, 3.63) is 45.1 Å². The zero-order valence-electron chi connectivity index (χ0n) is 20.7. The SMILES string of the molecule is CCCn1c(=O)n(C)c(=O)c2[nH]c(-c3cc(S(=O)(=O)N4CCN(CC)CC4)ccc3OCC)cc21. The Kier molecular flexibility index (Phi) is 7.20. The summed E-state index contributed by atoms with van der Waals surface area (Å²) in [6.45, 7) is 9.87. The Morgan fingerprint density at radius 3 is 2.37 bits per heavy atom. The van der Waals surface area contributed by atoms with Crippen molar-refractivity contribution in [1.82, 2.24) is 23.3 Å². The number of hydrogen-bond donors (Lipinski definition) is 1. The number of ether oxygens (including phenoxy) is 1. The molecular weight excluding hydrogens is 470 g/mol. The molecule has 3 heterocycles. The van der Waals surface area contributed by atoms with Gasteiger partial charge in [-0.1, -0.05) is 13.8 Å². The second-order valence-electron chi connectivity index (χ2n) is 8.67. The molecule has 1 saturated heterocycles. The fraction of sp³-hybridized carbons (Fsp3) is 0.500. The molecule has 0 aliphatic carbocycles. The lowest BCUT2D eigenvalue weighted by Gasteiger charge is -2.33. The molecule has 1 aliphatic rings. The first kappa shape index (κ1) is 25.2. The van der Waals surface area contributed by atoms with E-state index in [0.29, 0.717) is 67.4 Å². The number of nitrogens with zero attached hydrogens (tertiary/aromatic N) is 4. The molecule has 0 saturated carbocycles. The Morgan fingerprint density at radius 2 is 1.74 bits per heavy atom. The van der Waals surface area contributed by atoms with Crippen LogP contribution in [0.2, 0.25) is 0 Å². The predicted octanol–water partition coefficient (Wildman–Crippen LogP) is 1.83. The lowest BCUT2D eigenvalue weighted by Crippen LogP contribution is -2.48. The molecule has 3 aromatic rings. The van der Waals surface area contributed by atoms with Crippen LogP contribution in [-0.2, 0) is 23.6 Å². The van der Waals surface area contributed by atoms with Crippen molar-refractivity contribution < 1.29 is 13.2 Å². The fourth-order valence-electron chi connectivity index (χ4n) is 4.54. The second-order valence-corrected chi connectivity index (χ2v) is 10.6. The van der Waals surface area contributed by atoms with Gasteiger partial charge in [-0.2, -0.15) is 4.31 Å². The van der Waals surface area contributed by atoms with Gasteiger partial charge >= 0.3 is 5.69 Å². The molecule has 1 fully saturated rings. The van der Waals surface area contributed by atoms with E-state index in [-0.39, 0.29) is 10.6 Å². The van der Waals surface area contributed by atoms with Gasteiger partial charge in [-0.3, -0.25) is 13.9 Å². The number of H-pyrrole nitrogens is 1. The molecule has 0 unspecified atom stereocenters. The van der Waals surface area contributed by atoms with Gasteiger partial charge in [0.1, 0.15) is 11.3 Å². The van der Waals surface area contributed by atoms with E-state index in [2.05, 4.69) is 16.8 Å². The standard InChI is InChI=1S/C24H33N5O5S/c1-5-10-29-20-16-19(25-22(20)23(30)26(4)24(29)31)18-15-17(8-9-21(18)34-7-3)35(32,33)28-13-11-27(6-2)12-14-28/h8-9,15-16,25H,5-7,10-14H2,1-4H3. The molecule has 0 radical (unpaired) electrons. The summed E-state index contributed by atoms with van der Waals surface area (Å²) >= 11 is 0. The van der Waals surface area contributed by atoms with E-state index in [0.717, 1.165) is 17.5 Å². The molecule has 0 bridgehead atoms. The van der Waals surface area contributed by atoms with Crippen LogP contribution in [0.4, 0.5) is 0 Å². The smallest absolute Gasteiger partial charge is 0.331 e. The van der Waals surface area contributed by atoms with Gasteiger partial charge in [-0.05, 0) is 44.2 Å². The van der Waals surface area contributed by atoms with Crippen molar-refractivity contribution in [3.8, 4) is 17.0 Å². The Bertz CT molecular complexity index is 1450. The van der Waals surface area contributed by atoms with Gasteiger partial charge in [0.2, 0.25) is 10.0 Å². The summed E-state index contributed by atoms with van der Waals surface area (Å²) < 4.78 is 36.8. The number of aryl methyl sites for hydroxylation is 1. The minimum atomic E-state index is -3.71. The monoisotopic (exact) mass is 503 g/mol. The molecule has 0 atom stereocenters. The van der Waals surface area contributed by atoms with Crippen molar-refractivity contribution in [1.29, 1.82) is 0 Å². The summed E-state index contributed by atoms with van der Waals surface area (Å²) in [6, 6.07) is 6.52. The maximum absolute atomic E-state index is 13.4. The number of aromatic amines is 1. The minimum absolute atomic E-state index is 0.165. The molecule has 0 amide bonds. The van der Waals surface area contributed by atoms with Gasteiger partial charge in [0.15, 0.2) is 0 Å². The third kappa shape index (κ3) is 4.55. The van der Waals surface area contributed by atoms with Crippen LogP contribution in [0.25, 0.3) is 22.3 Å². The Labute approximate surface area is 204 Å². The summed E-state index contributed by atoms with van der Waals surface area (Å²) in [5, 5.41) is 0. The van der Waals surface area contributed by atoms with E-state index in [9.17, 15) is 18.0 Å². The Hall–Kier alpha value is -2.89.